The molecule has 4 aromatic rings. The van der Waals surface area contributed by atoms with Crippen LogP contribution in [0.1, 0.15) is 27.7 Å². The van der Waals surface area contributed by atoms with Gasteiger partial charge in [0.1, 0.15) is 38.7 Å². The van der Waals surface area contributed by atoms with Gasteiger partial charge in [0.2, 0.25) is 0 Å². The molecule has 22 heteroatoms. The van der Waals surface area contributed by atoms with Crippen molar-refractivity contribution in [2.24, 2.45) is 28.2 Å². The number of hydrogen-bond acceptors (Lipinski definition) is 6. The number of carbonyl (C=O) groups excluding carboxylic acids is 4. The van der Waals surface area contributed by atoms with Crippen molar-refractivity contribution in [2.75, 3.05) is 0 Å². The number of imidazole rings is 2. The molecule has 44 heavy (non-hydrogen) atoms. The summed E-state index contributed by atoms with van der Waals surface area (Å²) >= 11 is 0. The summed E-state index contributed by atoms with van der Waals surface area (Å²) in [6, 6.07) is 0. The van der Waals surface area contributed by atoms with Crippen LogP contribution >= 0.6 is 0 Å². The van der Waals surface area contributed by atoms with Gasteiger partial charge in [-0.25, -0.2) is 38.7 Å². The van der Waals surface area contributed by atoms with E-state index >= 15 is 0 Å². The standard InChI is InChI=1S/2C7H8N4O2.4C2H4O2.2Rh/c2*1-10-5-4(8-3-9-5)6(12)11(2)7(10)13;4*1-2(3)4;;/h2*3H,1-2H3,(H,8,9);4*1H3,(H,3,4);;/q;;;;;;2*+2/p+8. The summed E-state index contributed by atoms with van der Waals surface area (Å²) in [5, 5.41) is 24.2. The van der Waals surface area contributed by atoms with Gasteiger partial charge in [-0.05, 0) is 0 Å². The van der Waals surface area contributed by atoms with Crippen LogP contribution in [0.5, 0.6) is 0 Å². The molecule has 4 heterocycles. The number of aromatic nitrogens is 8. The van der Waals surface area contributed by atoms with Crippen molar-refractivity contribution in [3.8, 4) is 0 Å². The molecule has 4 rings (SSSR count). The Kier molecular flexibility index (Phi) is 23.2. The van der Waals surface area contributed by atoms with Crippen molar-refractivity contribution in [3.05, 3.63) is 54.3 Å². The van der Waals surface area contributed by atoms with Gasteiger partial charge < -0.3 is 30.4 Å². The Morgan fingerprint density at radius 3 is 0.977 bits per heavy atom. The molecular weight excluding hydrogens is 774 g/mol. The SMILES string of the molecule is CC(=[OH+])[OH2+].CC(=[OH+])[OH2+].CC(=[OH+])[OH2+].CC(=[OH+])[OH2+].Cn1c(=O)c2[nH]cnc2n(C)c1=O.Cn1c(=O)c2[nH]cnc2n(C)c1=O.[Rh+2].[Rh+2]. The zero-order chi connectivity index (χ0) is 33.5. The average molecular weight is 814 g/mol. The Labute approximate surface area is 272 Å². The number of hydrogen-bond donors (Lipinski definition) is 2. The first-order chi connectivity index (χ1) is 19.2. The Morgan fingerprint density at radius 2 is 0.773 bits per heavy atom. The molecule has 0 bridgehead atoms. The summed E-state index contributed by atoms with van der Waals surface area (Å²) in [4.78, 5) is 89.3. The van der Waals surface area contributed by atoms with Crippen molar-refractivity contribution in [2.45, 2.75) is 27.7 Å². The van der Waals surface area contributed by atoms with E-state index in [1.165, 1.54) is 63.6 Å². The van der Waals surface area contributed by atoms with Crippen LogP contribution in [-0.2, 0) is 67.1 Å². The molecule has 0 unspecified atom stereocenters. The third kappa shape index (κ3) is 16.2. The van der Waals surface area contributed by atoms with Gasteiger partial charge in [-0.3, -0.25) is 27.9 Å². The first-order valence-corrected chi connectivity index (χ1v) is 11.3. The van der Waals surface area contributed by atoms with Crippen molar-refractivity contribution in [1.29, 1.82) is 0 Å². The van der Waals surface area contributed by atoms with Gasteiger partial charge in [0.05, 0.1) is 12.7 Å². The molecule has 0 fully saturated rings. The summed E-state index contributed by atoms with van der Waals surface area (Å²) in [6.07, 6.45) is 2.79. The number of rotatable bonds is 0. The van der Waals surface area contributed by atoms with E-state index in [0.717, 1.165) is 9.13 Å². The maximum Gasteiger partial charge on any atom is 2.00 e. The largest absolute Gasteiger partial charge is 2.00 e. The second kappa shape index (κ2) is 22.0. The molecule has 0 spiro atoms. The molecule has 4 aromatic heterocycles. The average Bonchev–Trinajstić information content (AvgIpc) is 3.53. The van der Waals surface area contributed by atoms with Crippen LogP contribution in [0.25, 0.3) is 22.3 Å². The molecule has 0 saturated heterocycles. The van der Waals surface area contributed by atoms with Crippen molar-refractivity contribution < 1.29 is 78.6 Å². The van der Waals surface area contributed by atoms with Gasteiger partial charge in [0.15, 0.2) is 11.3 Å². The quantitative estimate of drug-likeness (QED) is 0.129. The number of fused-ring (bicyclic) bond motifs is 2. The molecule has 0 aliphatic carbocycles. The summed E-state index contributed by atoms with van der Waals surface area (Å²) in [5.41, 5.74) is 0.0239. The van der Waals surface area contributed by atoms with Crippen LogP contribution < -0.4 is 22.5 Å². The molecule has 0 saturated carbocycles. The second-order valence-electron chi connectivity index (χ2n) is 7.96. The third-order valence-corrected chi connectivity index (χ3v) is 4.06. The molecule has 0 aliphatic rings. The second-order valence-corrected chi connectivity index (χ2v) is 7.96. The predicted molar refractivity (Wildman–Crippen MR) is 158 cm³/mol. The monoisotopic (exact) mass is 814 g/mol. The summed E-state index contributed by atoms with van der Waals surface area (Å²) in [6.45, 7) is 5.22. The smallest absolute Gasteiger partial charge is 0.524 e. The van der Waals surface area contributed by atoms with Gasteiger partial charge >= 0.3 is 74.2 Å². The van der Waals surface area contributed by atoms with Gasteiger partial charge in [0.25, 0.3) is 11.1 Å². The number of nitrogens with zero attached hydrogens (tertiary/aromatic N) is 6. The van der Waals surface area contributed by atoms with E-state index in [1.54, 1.807) is 14.1 Å². The zero-order valence-electron chi connectivity index (χ0n) is 24.9. The van der Waals surface area contributed by atoms with E-state index in [-0.39, 0.29) is 85.3 Å². The minimum Gasteiger partial charge on any atom is -0.524 e. The van der Waals surface area contributed by atoms with Gasteiger partial charge in [0, 0.05) is 28.2 Å². The van der Waals surface area contributed by atoms with Crippen LogP contribution in [-0.4, -0.2) is 102 Å². The Bertz CT molecular complexity index is 1610. The normalized spacial score (nSPS) is 8.73. The van der Waals surface area contributed by atoms with E-state index in [1.807, 2.05) is 0 Å². The number of aryl methyl sites for hydroxylation is 2. The minimum atomic E-state index is -0.371. The number of aromatic amines is 2. The number of H-pyrrole nitrogens is 2. The molecule has 0 aliphatic heterocycles. The zero-order valence-corrected chi connectivity index (χ0v) is 28.2. The fraction of sp³-hybridized carbons (Fsp3) is 0.364. The summed E-state index contributed by atoms with van der Waals surface area (Å²) in [7, 11) is 6.02. The van der Waals surface area contributed by atoms with E-state index in [9.17, 15) is 19.2 Å². The molecule has 0 amide bonds. The van der Waals surface area contributed by atoms with Crippen molar-refractivity contribution in [3.63, 3.8) is 0 Å². The minimum absolute atomic E-state index is 0. The first-order valence-electron chi connectivity index (χ1n) is 11.3. The first kappa shape index (κ1) is 46.4. The fourth-order valence-electron chi connectivity index (χ4n) is 2.54. The van der Waals surface area contributed by atoms with Crippen LogP contribution in [0, 0.1) is 0 Å². The molecule has 0 atom stereocenters. The maximum absolute atomic E-state index is 11.4. The van der Waals surface area contributed by atoms with Crippen molar-refractivity contribution >= 4 is 46.2 Å². The fourth-order valence-corrected chi connectivity index (χ4v) is 2.54. The Morgan fingerprint density at radius 1 is 0.568 bits per heavy atom. The Balaban J connectivity index is -0.000000241. The van der Waals surface area contributed by atoms with Crippen LogP contribution in [0.4, 0.5) is 0 Å². The summed E-state index contributed by atoms with van der Waals surface area (Å²) < 4.78 is 4.74. The van der Waals surface area contributed by atoms with Crippen LogP contribution in [0.3, 0.4) is 0 Å². The van der Waals surface area contributed by atoms with Crippen LogP contribution in [0.2, 0.25) is 0 Å². The topological polar surface area (TPSA) is 323 Å². The van der Waals surface area contributed by atoms with Gasteiger partial charge in [-0.2, -0.15) is 0 Å². The van der Waals surface area contributed by atoms with Gasteiger partial charge in [-0.1, -0.05) is 0 Å². The molecule has 20 nitrogen and oxygen atoms in total. The summed E-state index contributed by atoms with van der Waals surface area (Å²) in [5.74, 6) is -1.33. The van der Waals surface area contributed by atoms with E-state index in [2.05, 4.69) is 19.9 Å². The van der Waals surface area contributed by atoms with Crippen molar-refractivity contribution in [1.82, 2.24) is 38.2 Å². The maximum atomic E-state index is 11.4. The molecule has 2 radical (unpaired) electrons. The van der Waals surface area contributed by atoms with Gasteiger partial charge in [-0.15, -0.1) is 0 Å². The third-order valence-electron chi connectivity index (χ3n) is 4.06. The molecule has 14 N–H and O–H groups in total. The Hall–Kier alpha value is -4.57. The van der Waals surface area contributed by atoms with Crippen LogP contribution in [0.15, 0.2) is 31.8 Å². The molecular formula is C22H40N8O12Rh2+12. The predicted octanol–water partition coefficient (Wildman–Crippen LogP) is -5.15. The number of nitrogens with one attached hydrogen (secondary N) is 2. The van der Waals surface area contributed by atoms with E-state index in [0.29, 0.717) is 22.3 Å². The van der Waals surface area contributed by atoms with E-state index < -0.39 is 0 Å². The molecule has 0 aromatic carbocycles. The molecule has 246 valence electrons. The van der Waals surface area contributed by atoms with E-state index in [4.69, 9.17) is 39.6 Å².